The molecule has 2 heterocycles. The van der Waals surface area contributed by atoms with Crippen LogP contribution in [0.2, 0.25) is 5.02 Å². The summed E-state index contributed by atoms with van der Waals surface area (Å²) < 4.78 is 5.17. The number of nitrogens with zero attached hydrogens (tertiary/aromatic N) is 2. The minimum Gasteiger partial charge on any atom is -0.451 e. The van der Waals surface area contributed by atoms with Crippen LogP contribution in [0, 0.1) is 11.8 Å². The van der Waals surface area contributed by atoms with Crippen LogP contribution >= 0.6 is 11.6 Å². The van der Waals surface area contributed by atoms with Crippen molar-refractivity contribution in [3.8, 4) is 0 Å². The number of halogens is 1. The monoisotopic (exact) mass is 405 g/mol. The predicted octanol–water partition coefficient (Wildman–Crippen LogP) is 1.94. The molecule has 4 atom stereocenters. The van der Waals surface area contributed by atoms with Gasteiger partial charge in [0.1, 0.15) is 11.9 Å². The number of carbonyl (C=O) groups is 4. The number of hydrogen-bond acceptors (Lipinski definition) is 6. The fourth-order valence-electron chi connectivity index (χ4n) is 3.32. The van der Waals surface area contributed by atoms with E-state index in [4.69, 9.17) is 16.3 Å². The Labute approximate surface area is 166 Å². The third-order valence-corrected chi connectivity index (χ3v) is 5.13. The number of fused-ring (bicyclic) bond motifs is 1. The summed E-state index contributed by atoms with van der Waals surface area (Å²) in [7, 11) is 0. The molecule has 0 spiro atoms. The Hall–Kier alpha value is -2.74. The Morgan fingerprint density at radius 2 is 1.79 bits per heavy atom. The van der Waals surface area contributed by atoms with E-state index < -0.39 is 35.9 Å². The van der Waals surface area contributed by atoms with Gasteiger partial charge in [0.2, 0.25) is 11.8 Å². The molecular weight excluding hydrogens is 386 g/mol. The number of imide groups is 1. The van der Waals surface area contributed by atoms with Crippen molar-refractivity contribution in [1.29, 1.82) is 0 Å². The number of likely N-dealkylation sites (tertiary alicyclic amines) is 1. The fourth-order valence-corrected chi connectivity index (χ4v) is 3.43. The maximum absolute atomic E-state index is 12.5. The lowest BCUT2D eigenvalue weighted by Gasteiger charge is -2.23. The first-order valence-corrected chi connectivity index (χ1v) is 9.32. The van der Waals surface area contributed by atoms with Gasteiger partial charge in [-0.05, 0) is 38.8 Å². The summed E-state index contributed by atoms with van der Waals surface area (Å²) in [6.07, 6.45) is 4.95. The molecular formula is C19H20ClN3O5. The molecule has 1 aromatic heterocycles. The molecule has 1 aliphatic heterocycles. The second-order valence-electron chi connectivity index (χ2n) is 6.81. The number of nitrogens with one attached hydrogen (secondary N) is 1. The predicted molar refractivity (Wildman–Crippen MR) is 100 cm³/mol. The molecule has 0 saturated carbocycles. The summed E-state index contributed by atoms with van der Waals surface area (Å²) in [4.78, 5) is 54.6. The van der Waals surface area contributed by atoms with Crippen LogP contribution in [0.25, 0.3) is 0 Å². The van der Waals surface area contributed by atoms with E-state index in [2.05, 4.69) is 10.3 Å². The van der Waals surface area contributed by atoms with Crippen LogP contribution in [-0.4, -0.2) is 45.7 Å². The van der Waals surface area contributed by atoms with Crippen molar-refractivity contribution in [2.45, 2.75) is 38.8 Å². The van der Waals surface area contributed by atoms with E-state index in [0.717, 1.165) is 4.90 Å². The highest BCUT2D eigenvalue weighted by molar-refractivity contribution is 6.30. The zero-order valence-electron chi connectivity index (χ0n) is 15.4. The van der Waals surface area contributed by atoms with Crippen molar-refractivity contribution in [3.05, 3.63) is 35.5 Å². The van der Waals surface area contributed by atoms with Crippen LogP contribution in [0.3, 0.4) is 0 Å². The van der Waals surface area contributed by atoms with E-state index >= 15 is 0 Å². The molecule has 1 fully saturated rings. The lowest BCUT2D eigenvalue weighted by molar-refractivity contribution is -0.163. The average molecular weight is 406 g/mol. The third kappa shape index (κ3) is 3.91. The van der Waals surface area contributed by atoms with E-state index in [-0.39, 0.29) is 17.6 Å². The van der Waals surface area contributed by atoms with Gasteiger partial charge in [-0.1, -0.05) is 23.8 Å². The number of allylic oxidation sites excluding steroid dienone is 2. The van der Waals surface area contributed by atoms with Crippen molar-refractivity contribution in [2.75, 3.05) is 5.32 Å². The highest BCUT2D eigenvalue weighted by atomic mass is 35.5. The summed E-state index contributed by atoms with van der Waals surface area (Å²) in [5.74, 6) is -2.74. The minimum absolute atomic E-state index is 0.256. The molecule has 3 amide bonds. The van der Waals surface area contributed by atoms with Crippen LogP contribution in [0.5, 0.6) is 0 Å². The van der Waals surface area contributed by atoms with Gasteiger partial charge in [0.15, 0.2) is 6.10 Å². The molecule has 148 valence electrons. The number of rotatable bonds is 5. The van der Waals surface area contributed by atoms with E-state index in [1.165, 1.54) is 26.1 Å². The number of anilines is 1. The molecule has 0 aromatic carbocycles. The molecule has 1 aliphatic carbocycles. The molecule has 1 aromatic rings. The first-order valence-electron chi connectivity index (χ1n) is 8.94. The van der Waals surface area contributed by atoms with Gasteiger partial charge in [-0.2, -0.15) is 0 Å². The van der Waals surface area contributed by atoms with Gasteiger partial charge in [-0.15, -0.1) is 0 Å². The van der Waals surface area contributed by atoms with Crippen molar-refractivity contribution in [1.82, 2.24) is 9.88 Å². The first kappa shape index (κ1) is 20.0. The molecule has 0 radical (unpaired) electrons. The van der Waals surface area contributed by atoms with Crippen molar-refractivity contribution < 1.29 is 23.9 Å². The van der Waals surface area contributed by atoms with E-state index in [1.807, 2.05) is 12.2 Å². The lowest BCUT2D eigenvalue weighted by atomic mass is 9.85. The van der Waals surface area contributed by atoms with Crippen molar-refractivity contribution in [3.63, 3.8) is 0 Å². The molecule has 2 aliphatic rings. The first-order chi connectivity index (χ1) is 13.3. The number of aromatic nitrogens is 1. The molecule has 9 heteroatoms. The Bertz CT molecular complexity index is 812. The van der Waals surface area contributed by atoms with Gasteiger partial charge in [-0.3, -0.25) is 19.3 Å². The number of amides is 3. The Morgan fingerprint density at radius 3 is 2.32 bits per heavy atom. The van der Waals surface area contributed by atoms with Gasteiger partial charge >= 0.3 is 5.97 Å². The van der Waals surface area contributed by atoms with Crippen LogP contribution in [-0.2, 0) is 23.9 Å². The second-order valence-corrected chi connectivity index (χ2v) is 7.24. The highest BCUT2D eigenvalue weighted by Gasteiger charge is 2.50. The smallest absolute Gasteiger partial charge is 0.329 e. The quantitative estimate of drug-likeness (QED) is 0.456. The van der Waals surface area contributed by atoms with Gasteiger partial charge in [0, 0.05) is 6.20 Å². The highest BCUT2D eigenvalue weighted by Crippen LogP contribution is 2.36. The summed E-state index contributed by atoms with van der Waals surface area (Å²) in [6.45, 7) is 2.82. The topological polar surface area (TPSA) is 106 Å². The van der Waals surface area contributed by atoms with Gasteiger partial charge in [0.05, 0.1) is 16.9 Å². The molecule has 28 heavy (non-hydrogen) atoms. The minimum atomic E-state index is -1.14. The number of ether oxygens (including phenoxy) is 1. The van der Waals surface area contributed by atoms with E-state index in [9.17, 15) is 19.2 Å². The van der Waals surface area contributed by atoms with E-state index in [0.29, 0.717) is 17.9 Å². The third-order valence-electron chi connectivity index (χ3n) is 4.91. The summed E-state index contributed by atoms with van der Waals surface area (Å²) in [5, 5.41) is 2.92. The lowest BCUT2D eigenvalue weighted by Crippen LogP contribution is -2.46. The van der Waals surface area contributed by atoms with Gasteiger partial charge < -0.3 is 10.1 Å². The zero-order valence-corrected chi connectivity index (χ0v) is 16.2. The van der Waals surface area contributed by atoms with Crippen LogP contribution in [0.15, 0.2) is 30.5 Å². The van der Waals surface area contributed by atoms with Crippen LogP contribution in [0.4, 0.5) is 5.82 Å². The SMILES string of the molecule is C[C@@H](OC(=O)[C@H](C)N1C(=O)[C@H]2CC=CC[C@@H]2C1=O)C(=O)Nc1ccc(Cl)cn1. The van der Waals surface area contributed by atoms with Gasteiger partial charge in [0.25, 0.3) is 5.91 Å². The molecule has 1 saturated heterocycles. The molecule has 8 nitrogen and oxygen atoms in total. The Balaban J connectivity index is 1.60. The Morgan fingerprint density at radius 1 is 1.18 bits per heavy atom. The summed E-state index contributed by atoms with van der Waals surface area (Å²) >= 11 is 5.74. The number of pyridine rings is 1. The van der Waals surface area contributed by atoms with E-state index in [1.54, 1.807) is 6.07 Å². The largest absolute Gasteiger partial charge is 0.451 e. The van der Waals surface area contributed by atoms with Crippen LogP contribution in [0.1, 0.15) is 26.7 Å². The maximum atomic E-state index is 12.5. The van der Waals surface area contributed by atoms with Crippen molar-refractivity contribution >= 4 is 41.1 Å². The normalized spacial score (nSPS) is 23.2. The maximum Gasteiger partial charge on any atom is 0.329 e. The molecule has 0 unspecified atom stereocenters. The van der Waals surface area contributed by atoms with Gasteiger partial charge in [-0.25, -0.2) is 9.78 Å². The van der Waals surface area contributed by atoms with Crippen LogP contribution < -0.4 is 5.32 Å². The fraction of sp³-hybridized carbons (Fsp3) is 0.421. The number of carbonyl (C=O) groups excluding carboxylic acids is 4. The number of hydrogen-bond donors (Lipinski definition) is 1. The standard InChI is InChI=1S/C19H20ClN3O5/c1-10(23-17(25)13-5-3-4-6-14(13)18(23)26)19(27)28-11(2)16(24)22-15-8-7-12(20)9-21-15/h3-4,7-11,13-14H,5-6H2,1-2H3,(H,21,22,24)/t10-,11+,13-,14-/m0/s1. The van der Waals surface area contributed by atoms with Crippen molar-refractivity contribution in [2.24, 2.45) is 11.8 Å². The average Bonchev–Trinajstić information content (AvgIpc) is 2.93. The molecule has 3 rings (SSSR count). The summed E-state index contributed by atoms with van der Waals surface area (Å²) in [5.41, 5.74) is 0. The molecule has 0 bridgehead atoms. The molecule has 1 N–H and O–H groups in total. The number of esters is 1. The zero-order chi connectivity index (χ0) is 20.4. The Kier molecular flexibility index (Phi) is 5.79. The second kappa shape index (κ2) is 8.10. The summed E-state index contributed by atoms with van der Waals surface area (Å²) in [6, 6.07) is 1.96.